The van der Waals surface area contributed by atoms with E-state index in [4.69, 9.17) is 4.98 Å². The summed E-state index contributed by atoms with van der Waals surface area (Å²) in [5.74, 6) is 1.97. The molecule has 0 spiro atoms. The van der Waals surface area contributed by atoms with E-state index in [-0.39, 0.29) is 0 Å². The van der Waals surface area contributed by atoms with Crippen molar-refractivity contribution in [1.82, 2.24) is 24.6 Å². The normalized spacial score (nSPS) is 18.0. The molecule has 1 aliphatic heterocycles. The Hall–Kier alpha value is -1.99. The van der Waals surface area contributed by atoms with Gasteiger partial charge in [-0.3, -0.25) is 4.68 Å². The lowest BCUT2D eigenvalue weighted by atomic mass is 10.2. The summed E-state index contributed by atoms with van der Waals surface area (Å²) in [5, 5.41) is 15.1. The molecule has 2 aliphatic rings. The molecule has 7 heteroatoms. The van der Waals surface area contributed by atoms with Crippen LogP contribution < -0.4 is 4.90 Å². The molecule has 1 N–H and O–H groups in total. The van der Waals surface area contributed by atoms with E-state index in [1.54, 1.807) is 0 Å². The largest absolute Gasteiger partial charge is 0.385 e. The Morgan fingerprint density at radius 2 is 2.04 bits per heavy atom. The monoisotopic (exact) mass is 356 g/mol. The summed E-state index contributed by atoms with van der Waals surface area (Å²) in [6.45, 7) is 5.21. The molecule has 26 heavy (non-hydrogen) atoms. The van der Waals surface area contributed by atoms with Crippen LogP contribution in [0.25, 0.3) is 0 Å². The third-order valence-corrected chi connectivity index (χ3v) is 5.24. The molecule has 2 aromatic rings. The van der Waals surface area contributed by atoms with Crippen LogP contribution in [0.4, 0.5) is 5.82 Å². The van der Waals surface area contributed by atoms with Crippen molar-refractivity contribution in [3.63, 3.8) is 0 Å². The fourth-order valence-corrected chi connectivity index (χ4v) is 4.06. The number of anilines is 1. The first-order chi connectivity index (χ1) is 12.5. The van der Waals surface area contributed by atoms with Crippen molar-refractivity contribution in [3.8, 4) is 0 Å². The first-order valence-electron chi connectivity index (χ1n) is 9.52. The van der Waals surface area contributed by atoms with Crippen LogP contribution in [0.2, 0.25) is 0 Å². The molecule has 0 saturated carbocycles. The molecule has 0 aromatic carbocycles. The van der Waals surface area contributed by atoms with E-state index in [1.807, 2.05) is 25.9 Å². The number of likely N-dealkylation sites (N-methyl/N-ethyl adjacent to an activating group) is 1. The van der Waals surface area contributed by atoms with Crippen LogP contribution in [-0.2, 0) is 25.9 Å². The zero-order valence-corrected chi connectivity index (χ0v) is 15.9. The molecule has 1 atom stereocenters. The van der Waals surface area contributed by atoms with Crippen molar-refractivity contribution in [2.24, 2.45) is 0 Å². The van der Waals surface area contributed by atoms with Crippen molar-refractivity contribution >= 4 is 5.82 Å². The van der Waals surface area contributed by atoms with E-state index in [2.05, 4.69) is 25.7 Å². The number of hydrogen-bond acceptors (Lipinski definition) is 6. The Morgan fingerprint density at radius 3 is 2.85 bits per heavy atom. The van der Waals surface area contributed by atoms with Crippen LogP contribution in [0, 0.1) is 6.92 Å². The quantitative estimate of drug-likeness (QED) is 0.895. The van der Waals surface area contributed by atoms with Crippen LogP contribution >= 0.6 is 0 Å². The number of aryl methyl sites for hydroxylation is 3. The highest BCUT2D eigenvalue weighted by atomic mass is 16.3. The number of aliphatic hydroxyl groups is 1. The number of rotatable bonds is 4. The molecule has 0 amide bonds. The molecule has 1 aliphatic carbocycles. The molecule has 0 saturated heterocycles. The Bertz CT molecular complexity index is 800. The summed E-state index contributed by atoms with van der Waals surface area (Å²) in [4.78, 5) is 13.8. The summed E-state index contributed by atoms with van der Waals surface area (Å²) < 4.78 is 2.06. The van der Waals surface area contributed by atoms with Crippen molar-refractivity contribution in [3.05, 3.63) is 34.5 Å². The van der Waals surface area contributed by atoms with Gasteiger partial charge in [-0.1, -0.05) is 0 Å². The zero-order chi connectivity index (χ0) is 18.3. The number of fused-ring (bicyclic) bond motifs is 2. The van der Waals surface area contributed by atoms with E-state index in [0.29, 0.717) is 6.54 Å². The first kappa shape index (κ1) is 17.4. The summed E-state index contributed by atoms with van der Waals surface area (Å²) in [5.41, 5.74) is 4.47. The topological polar surface area (TPSA) is 70.3 Å². The minimum Gasteiger partial charge on any atom is -0.385 e. The number of aliphatic hydroxyl groups excluding tert-OH is 1. The lowest BCUT2D eigenvalue weighted by Gasteiger charge is -2.24. The van der Waals surface area contributed by atoms with Gasteiger partial charge in [-0.2, -0.15) is 5.10 Å². The highest BCUT2D eigenvalue weighted by molar-refractivity contribution is 5.51. The van der Waals surface area contributed by atoms with Gasteiger partial charge in [-0.15, -0.1) is 0 Å². The van der Waals surface area contributed by atoms with Crippen LogP contribution in [0.1, 0.15) is 47.4 Å². The minimum atomic E-state index is -0.552. The van der Waals surface area contributed by atoms with E-state index < -0.39 is 6.10 Å². The average molecular weight is 356 g/mol. The fourth-order valence-electron chi connectivity index (χ4n) is 4.06. The molecule has 0 unspecified atom stereocenters. The molecule has 2 aromatic heterocycles. The van der Waals surface area contributed by atoms with Crippen LogP contribution in [0.5, 0.6) is 0 Å². The predicted octanol–water partition coefficient (Wildman–Crippen LogP) is 1.48. The molecule has 3 heterocycles. The Morgan fingerprint density at radius 1 is 1.19 bits per heavy atom. The zero-order valence-electron chi connectivity index (χ0n) is 15.9. The molecular formula is C19H28N6O. The number of nitrogens with zero attached hydrogens (tertiary/aromatic N) is 6. The van der Waals surface area contributed by atoms with Crippen LogP contribution in [0.15, 0.2) is 6.07 Å². The second-order valence-corrected chi connectivity index (χ2v) is 7.71. The maximum atomic E-state index is 10.4. The van der Waals surface area contributed by atoms with Gasteiger partial charge >= 0.3 is 0 Å². The van der Waals surface area contributed by atoms with Crippen molar-refractivity contribution < 1.29 is 5.11 Å². The summed E-state index contributed by atoms with van der Waals surface area (Å²) in [6, 6.07) is 2.06. The third-order valence-electron chi connectivity index (χ3n) is 5.24. The van der Waals surface area contributed by atoms with Gasteiger partial charge < -0.3 is 14.9 Å². The number of hydrogen-bond donors (Lipinski definition) is 1. The first-order valence-corrected chi connectivity index (χ1v) is 9.52. The predicted molar refractivity (Wildman–Crippen MR) is 100 cm³/mol. The molecule has 0 fully saturated rings. The minimum absolute atomic E-state index is 0.552. The van der Waals surface area contributed by atoms with Gasteiger partial charge in [0.2, 0.25) is 0 Å². The molecule has 140 valence electrons. The van der Waals surface area contributed by atoms with Crippen molar-refractivity contribution in [2.75, 3.05) is 32.1 Å². The lowest BCUT2D eigenvalue weighted by molar-refractivity contribution is 0.133. The van der Waals surface area contributed by atoms with E-state index in [0.717, 1.165) is 61.9 Å². The second kappa shape index (κ2) is 6.96. The van der Waals surface area contributed by atoms with Crippen LogP contribution in [-0.4, -0.2) is 56.9 Å². The Kier molecular flexibility index (Phi) is 4.67. The van der Waals surface area contributed by atoms with Gasteiger partial charge in [0, 0.05) is 30.9 Å². The van der Waals surface area contributed by atoms with Gasteiger partial charge in [0.1, 0.15) is 17.7 Å². The lowest BCUT2D eigenvalue weighted by Crippen LogP contribution is -2.25. The van der Waals surface area contributed by atoms with Crippen molar-refractivity contribution in [1.29, 1.82) is 0 Å². The third kappa shape index (κ3) is 3.33. The summed E-state index contributed by atoms with van der Waals surface area (Å²) >= 11 is 0. The smallest absolute Gasteiger partial charge is 0.136 e. The molecule has 0 bridgehead atoms. The van der Waals surface area contributed by atoms with Crippen LogP contribution in [0.3, 0.4) is 0 Å². The highest BCUT2D eigenvalue weighted by Crippen LogP contribution is 2.31. The average Bonchev–Trinajstić information content (AvgIpc) is 3.15. The molecular weight excluding hydrogens is 328 g/mol. The van der Waals surface area contributed by atoms with E-state index in [1.165, 1.54) is 17.7 Å². The molecule has 4 rings (SSSR count). The van der Waals surface area contributed by atoms with Gasteiger partial charge in [-0.25, -0.2) is 9.97 Å². The summed E-state index contributed by atoms with van der Waals surface area (Å²) in [7, 11) is 3.92. The fraction of sp³-hybridized carbons (Fsp3) is 0.632. The van der Waals surface area contributed by atoms with E-state index >= 15 is 0 Å². The molecule has 0 radical (unpaired) electrons. The van der Waals surface area contributed by atoms with Crippen molar-refractivity contribution in [2.45, 2.75) is 51.8 Å². The maximum Gasteiger partial charge on any atom is 0.136 e. The Labute approximate surface area is 154 Å². The van der Waals surface area contributed by atoms with E-state index in [9.17, 15) is 5.11 Å². The standard InChI is InChI=1S/C19H28N6O/c1-13-20-16-7-4-6-15(16)19(21-13)24-8-5-9-25-14(11-24)10-17(22-25)18(26)12-23(2)3/h10,18,26H,4-9,11-12H2,1-3H3/t18-/m1/s1. The van der Waals surface area contributed by atoms with Gasteiger partial charge in [0.05, 0.1) is 17.9 Å². The Balaban J connectivity index is 1.62. The maximum absolute atomic E-state index is 10.4. The number of aromatic nitrogens is 4. The summed E-state index contributed by atoms with van der Waals surface area (Å²) in [6.07, 6.45) is 3.79. The molecule has 7 nitrogen and oxygen atoms in total. The SMILES string of the molecule is Cc1nc2c(c(N3CCCn4nc([C@H](O)CN(C)C)cc4C3)n1)CCC2. The van der Waals surface area contributed by atoms with Gasteiger partial charge in [0.15, 0.2) is 0 Å². The van der Waals surface area contributed by atoms with Gasteiger partial charge in [-0.05, 0) is 52.8 Å². The highest BCUT2D eigenvalue weighted by Gasteiger charge is 2.25. The second-order valence-electron chi connectivity index (χ2n) is 7.71. The van der Waals surface area contributed by atoms with Gasteiger partial charge in [0.25, 0.3) is 0 Å².